The van der Waals surface area contributed by atoms with Gasteiger partial charge in [-0.2, -0.15) is 0 Å². The van der Waals surface area contributed by atoms with Gasteiger partial charge in [-0.15, -0.1) is 45.3 Å². The molecular weight excluding hydrogens is 681 g/mol. The maximum absolute atomic E-state index is 2.40. The highest BCUT2D eigenvalue weighted by Crippen LogP contribution is 2.46. The van der Waals surface area contributed by atoms with Crippen LogP contribution < -0.4 is 0 Å². The Balaban J connectivity index is 0.994. The highest BCUT2D eigenvalue weighted by molar-refractivity contribution is 7.27. The maximum atomic E-state index is 2.40. The van der Waals surface area contributed by atoms with Gasteiger partial charge in [-0.1, -0.05) is 84.9 Å². The van der Waals surface area contributed by atoms with Gasteiger partial charge in [0, 0.05) is 80.7 Å². The van der Waals surface area contributed by atoms with Crippen LogP contribution in [0.2, 0.25) is 0 Å². The molecule has 0 nitrogen and oxygen atoms in total. The molecule has 4 aromatic heterocycles. The summed E-state index contributed by atoms with van der Waals surface area (Å²) < 4.78 is 10.8. The number of rotatable bonds is 2. The van der Waals surface area contributed by atoms with Gasteiger partial charge in [-0.25, -0.2) is 0 Å². The molecule has 0 aliphatic heterocycles. The molecule has 12 aromatic rings. The number of hydrogen-bond acceptors (Lipinski definition) is 4. The van der Waals surface area contributed by atoms with Gasteiger partial charge in [0.1, 0.15) is 0 Å². The molecule has 8 aromatic carbocycles. The molecular formula is C46H24S4. The first kappa shape index (κ1) is 27.7. The number of fused-ring (bicyclic) bond motifs is 15. The summed E-state index contributed by atoms with van der Waals surface area (Å²) >= 11 is 7.58. The summed E-state index contributed by atoms with van der Waals surface area (Å²) in [6.45, 7) is 0. The Kier molecular flexibility index (Phi) is 5.66. The molecule has 0 fully saturated rings. The molecule has 4 heterocycles. The van der Waals surface area contributed by atoms with Gasteiger partial charge >= 0.3 is 0 Å². The molecule has 0 unspecified atom stereocenters. The van der Waals surface area contributed by atoms with Crippen molar-refractivity contribution in [3.05, 3.63) is 146 Å². The van der Waals surface area contributed by atoms with E-state index in [1.54, 1.807) is 0 Å². The third-order valence-electron chi connectivity index (χ3n) is 10.5. The van der Waals surface area contributed by atoms with Gasteiger partial charge in [0.15, 0.2) is 0 Å². The van der Waals surface area contributed by atoms with Crippen molar-refractivity contribution in [3.63, 3.8) is 0 Å². The fourth-order valence-electron chi connectivity index (χ4n) is 8.13. The van der Waals surface area contributed by atoms with Crippen molar-refractivity contribution in [2.45, 2.75) is 0 Å². The Morgan fingerprint density at radius 3 is 1.08 bits per heavy atom. The lowest BCUT2D eigenvalue weighted by Crippen LogP contribution is -1.79. The third kappa shape index (κ3) is 3.90. The van der Waals surface area contributed by atoms with E-state index in [-0.39, 0.29) is 0 Å². The highest BCUT2D eigenvalue weighted by Gasteiger charge is 2.16. The van der Waals surface area contributed by atoms with Crippen molar-refractivity contribution >= 4 is 137 Å². The van der Waals surface area contributed by atoms with Crippen molar-refractivity contribution in [3.8, 4) is 22.3 Å². The van der Waals surface area contributed by atoms with Crippen molar-refractivity contribution < 1.29 is 0 Å². The zero-order chi connectivity index (χ0) is 32.5. The molecule has 0 saturated heterocycles. The Morgan fingerprint density at radius 2 is 0.580 bits per heavy atom. The van der Waals surface area contributed by atoms with E-state index in [9.17, 15) is 0 Å². The molecule has 232 valence electrons. The van der Waals surface area contributed by atoms with Crippen molar-refractivity contribution in [1.82, 2.24) is 0 Å². The predicted octanol–water partition coefficient (Wildman–Crippen LogP) is 15.6. The highest BCUT2D eigenvalue weighted by atomic mass is 32.1. The molecule has 4 heteroatoms. The van der Waals surface area contributed by atoms with Crippen LogP contribution in [0, 0.1) is 0 Å². The van der Waals surface area contributed by atoms with Gasteiger partial charge in [0.25, 0.3) is 0 Å². The van der Waals surface area contributed by atoms with Crippen LogP contribution in [0.5, 0.6) is 0 Å². The Hall–Kier alpha value is -5.10. The van der Waals surface area contributed by atoms with Gasteiger partial charge in [-0.05, 0) is 93.7 Å². The summed E-state index contributed by atoms with van der Waals surface area (Å²) in [5.41, 5.74) is 5.11. The van der Waals surface area contributed by atoms with E-state index in [1.807, 2.05) is 45.3 Å². The summed E-state index contributed by atoms with van der Waals surface area (Å²) in [5.74, 6) is 0. The molecule has 0 spiro atoms. The minimum Gasteiger partial charge on any atom is -0.135 e. The monoisotopic (exact) mass is 704 g/mol. The van der Waals surface area contributed by atoms with Gasteiger partial charge < -0.3 is 0 Å². The molecule has 0 amide bonds. The second-order valence-electron chi connectivity index (χ2n) is 13.2. The van der Waals surface area contributed by atoms with Crippen molar-refractivity contribution in [2.75, 3.05) is 0 Å². The smallest absolute Gasteiger partial charge is 0.0361 e. The molecule has 0 saturated carbocycles. The molecule has 0 N–H and O–H groups in total. The van der Waals surface area contributed by atoms with Gasteiger partial charge in [0.05, 0.1) is 0 Å². The molecule has 0 atom stereocenters. The second kappa shape index (κ2) is 10.2. The quantitative estimate of drug-likeness (QED) is 0.168. The van der Waals surface area contributed by atoms with Crippen LogP contribution in [0.4, 0.5) is 0 Å². The van der Waals surface area contributed by atoms with Crippen LogP contribution in [-0.4, -0.2) is 0 Å². The maximum Gasteiger partial charge on any atom is 0.0361 e. The van der Waals surface area contributed by atoms with Crippen LogP contribution in [0.3, 0.4) is 0 Å². The standard InChI is InChI=1S/C46H24S4/c1-3-7-37-29(5-1)35-21-25(11-17-39(35)47-37)27-9-13-33-43(23-27)49-41-19-15-32-31(45(33)41)16-20-42-46(32)34-14-10-28(24-44(34)50-42)26-12-18-40-36(22-26)30-6-2-4-8-38(30)48-40/h1-24H. The third-order valence-corrected chi connectivity index (χ3v) is 15.0. The zero-order valence-corrected chi connectivity index (χ0v) is 29.8. The Labute approximate surface area is 302 Å². The number of benzene rings is 8. The topological polar surface area (TPSA) is 0 Å². The van der Waals surface area contributed by atoms with Gasteiger partial charge in [-0.3, -0.25) is 0 Å². The van der Waals surface area contributed by atoms with E-state index in [0.717, 1.165) is 0 Å². The van der Waals surface area contributed by atoms with Crippen LogP contribution in [-0.2, 0) is 0 Å². The molecule has 0 radical (unpaired) electrons. The summed E-state index contributed by atoms with van der Waals surface area (Å²) in [5, 5.41) is 13.5. The van der Waals surface area contributed by atoms with E-state index in [2.05, 4.69) is 146 Å². The van der Waals surface area contributed by atoms with Crippen molar-refractivity contribution in [2.24, 2.45) is 0 Å². The molecule has 0 aliphatic carbocycles. The Bertz CT molecular complexity index is 3160. The minimum absolute atomic E-state index is 1.28. The van der Waals surface area contributed by atoms with Crippen LogP contribution in [0.1, 0.15) is 0 Å². The first-order valence-corrected chi connectivity index (χ1v) is 20.1. The van der Waals surface area contributed by atoms with Crippen LogP contribution in [0.25, 0.3) is 114 Å². The van der Waals surface area contributed by atoms with E-state index in [1.165, 1.54) is 114 Å². The average Bonchev–Trinajstić information content (AvgIpc) is 3.93. The zero-order valence-electron chi connectivity index (χ0n) is 26.5. The SMILES string of the molecule is c1ccc2c(c1)sc1ccc(-c3ccc4c(c3)sc3ccc5c(ccc6sc7cc(-c8ccc9sc%10ccccc%10c9c8)ccc7c65)c34)cc12. The summed E-state index contributed by atoms with van der Waals surface area (Å²) in [6.07, 6.45) is 0. The average molecular weight is 705 g/mol. The Morgan fingerprint density at radius 1 is 0.220 bits per heavy atom. The predicted molar refractivity (Wildman–Crippen MR) is 226 cm³/mol. The molecule has 12 rings (SSSR count). The van der Waals surface area contributed by atoms with Crippen LogP contribution >= 0.6 is 45.3 Å². The number of hydrogen-bond donors (Lipinski definition) is 0. The van der Waals surface area contributed by atoms with E-state index >= 15 is 0 Å². The summed E-state index contributed by atoms with van der Waals surface area (Å²) in [7, 11) is 0. The molecule has 0 aliphatic rings. The summed E-state index contributed by atoms with van der Waals surface area (Å²) in [4.78, 5) is 0. The van der Waals surface area contributed by atoms with E-state index in [4.69, 9.17) is 0 Å². The first-order valence-electron chi connectivity index (χ1n) is 16.8. The van der Waals surface area contributed by atoms with Gasteiger partial charge in [0.2, 0.25) is 0 Å². The fourth-order valence-corrected chi connectivity index (χ4v) is 12.6. The van der Waals surface area contributed by atoms with Crippen molar-refractivity contribution in [1.29, 1.82) is 0 Å². The summed E-state index contributed by atoms with van der Waals surface area (Å²) in [6, 6.07) is 55.0. The first-order chi connectivity index (χ1) is 24.7. The van der Waals surface area contributed by atoms with Crippen LogP contribution in [0.15, 0.2) is 146 Å². The number of thiophene rings is 4. The fraction of sp³-hybridized carbons (Fsp3) is 0. The molecule has 0 bridgehead atoms. The largest absolute Gasteiger partial charge is 0.135 e. The lowest BCUT2D eigenvalue weighted by atomic mass is 9.97. The lowest BCUT2D eigenvalue weighted by molar-refractivity contribution is 1.72. The van der Waals surface area contributed by atoms with E-state index < -0.39 is 0 Å². The van der Waals surface area contributed by atoms with E-state index in [0.29, 0.717) is 0 Å². The normalized spacial score (nSPS) is 12.4. The second-order valence-corrected chi connectivity index (χ2v) is 17.6. The molecule has 50 heavy (non-hydrogen) atoms. The lowest BCUT2D eigenvalue weighted by Gasteiger charge is -2.06. The minimum atomic E-state index is 1.28.